The van der Waals surface area contributed by atoms with Gasteiger partial charge >= 0.3 is 5.97 Å². The number of anilines is 1. The molecular formula is C20H19NO2. The fourth-order valence-corrected chi connectivity index (χ4v) is 3.63. The van der Waals surface area contributed by atoms with Gasteiger partial charge in [-0.05, 0) is 53.7 Å². The van der Waals surface area contributed by atoms with Crippen LogP contribution in [0.2, 0.25) is 0 Å². The molecule has 0 bridgehead atoms. The van der Waals surface area contributed by atoms with Gasteiger partial charge in [0.05, 0.1) is 0 Å². The zero-order chi connectivity index (χ0) is 15.8. The Balaban J connectivity index is 1.81. The van der Waals surface area contributed by atoms with Crippen molar-refractivity contribution in [1.82, 2.24) is 0 Å². The van der Waals surface area contributed by atoms with Crippen molar-refractivity contribution in [3.63, 3.8) is 0 Å². The Labute approximate surface area is 135 Å². The number of aliphatic carboxylic acids is 1. The van der Waals surface area contributed by atoms with Gasteiger partial charge in [0.1, 0.15) is 0 Å². The van der Waals surface area contributed by atoms with E-state index >= 15 is 0 Å². The van der Waals surface area contributed by atoms with Crippen LogP contribution >= 0.6 is 0 Å². The molecule has 4 rings (SSSR count). The predicted octanol–water partition coefficient (Wildman–Crippen LogP) is 4.34. The van der Waals surface area contributed by atoms with E-state index in [1.54, 1.807) is 0 Å². The monoisotopic (exact) mass is 305 g/mol. The van der Waals surface area contributed by atoms with Crippen molar-refractivity contribution >= 4 is 11.7 Å². The van der Waals surface area contributed by atoms with Crippen LogP contribution in [0.1, 0.15) is 31.2 Å². The summed E-state index contributed by atoms with van der Waals surface area (Å²) in [5.41, 5.74) is 7.67. The second kappa shape index (κ2) is 5.58. The van der Waals surface area contributed by atoms with Gasteiger partial charge in [-0.25, -0.2) is 0 Å². The summed E-state index contributed by atoms with van der Waals surface area (Å²) in [7, 11) is 0. The van der Waals surface area contributed by atoms with Crippen LogP contribution in [0.5, 0.6) is 0 Å². The highest BCUT2D eigenvalue weighted by Gasteiger charge is 2.28. The number of benzene rings is 1. The number of carbonyl (C=O) groups is 1. The van der Waals surface area contributed by atoms with Crippen LogP contribution in [0.3, 0.4) is 0 Å². The first-order chi connectivity index (χ1) is 11.2. The van der Waals surface area contributed by atoms with Crippen molar-refractivity contribution in [1.29, 1.82) is 0 Å². The summed E-state index contributed by atoms with van der Waals surface area (Å²) >= 11 is 0. The molecule has 3 nitrogen and oxygen atoms in total. The molecule has 0 radical (unpaired) electrons. The number of rotatable bonds is 3. The van der Waals surface area contributed by atoms with Crippen LogP contribution in [0.25, 0.3) is 0 Å². The van der Waals surface area contributed by atoms with Crippen LogP contribution in [-0.2, 0) is 11.2 Å². The third-order valence-corrected chi connectivity index (χ3v) is 4.72. The van der Waals surface area contributed by atoms with Gasteiger partial charge < -0.3 is 10.0 Å². The topological polar surface area (TPSA) is 40.5 Å². The van der Waals surface area contributed by atoms with Crippen molar-refractivity contribution < 1.29 is 9.90 Å². The third-order valence-electron chi connectivity index (χ3n) is 4.72. The maximum absolute atomic E-state index is 11.0. The van der Waals surface area contributed by atoms with Crippen LogP contribution < -0.4 is 4.90 Å². The number of fused-ring (bicyclic) bond motifs is 4. The van der Waals surface area contributed by atoms with Crippen LogP contribution in [0.4, 0.5) is 5.69 Å². The molecule has 0 unspecified atom stereocenters. The molecule has 116 valence electrons. The molecule has 3 heteroatoms. The van der Waals surface area contributed by atoms with E-state index < -0.39 is 5.97 Å². The number of nitrogens with zero attached hydrogens (tertiary/aromatic N) is 1. The summed E-state index contributed by atoms with van der Waals surface area (Å²) in [4.78, 5) is 13.2. The summed E-state index contributed by atoms with van der Waals surface area (Å²) < 4.78 is 0. The minimum Gasteiger partial charge on any atom is -0.481 e. The van der Waals surface area contributed by atoms with Crippen molar-refractivity contribution in [3.05, 3.63) is 76.7 Å². The van der Waals surface area contributed by atoms with E-state index in [1.165, 1.54) is 28.1 Å². The first-order valence-corrected chi connectivity index (χ1v) is 8.12. The lowest BCUT2D eigenvalue weighted by Gasteiger charge is -2.21. The lowest BCUT2D eigenvalue weighted by atomic mass is 9.91. The number of allylic oxidation sites excluding steroid dienone is 7. The van der Waals surface area contributed by atoms with Crippen LogP contribution in [-0.4, -0.2) is 11.1 Å². The quantitative estimate of drug-likeness (QED) is 0.903. The molecule has 1 N–H and O–H groups in total. The first-order valence-electron chi connectivity index (χ1n) is 8.12. The number of para-hydroxylation sites is 1. The van der Waals surface area contributed by atoms with Gasteiger partial charge in [-0.2, -0.15) is 0 Å². The summed E-state index contributed by atoms with van der Waals surface area (Å²) in [6.45, 7) is 0. The van der Waals surface area contributed by atoms with E-state index in [-0.39, 0.29) is 6.42 Å². The van der Waals surface area contributed by atoms with Crippen molar-refractivity contribution in [2.24, 2.45) is 0 Å². The standard InChI is InChI=1S/C20H19NO2/c22-20(23)10-9-14-11-15-5-1-3-7-17(15)19-12-16-6-2-4-8-18(16)21(19)13-14/h1-2,4-6,8,11,13H,3,7,9-10,12H2,(H,22,23). The maximum atomic E-state index is 11.0. The first kappa shape index (κ1) is 14.1. The molecule has 2 heterocycles. The second-order valence-corrected chi connectivity index (χ2v) is 6.24. The predicted molar refractivity (Wildman–Crippen MR) is 91.1 cm³/mol. The smallest absolute Gasteiger partial charge is 0.303 e. The van der Waals surface area contributed by atoms with E-state index in [9.17, 15) is 4.79 Å². The Morgan fingerprint density at radius 1 is 1.26 bits per heavy atom. The van der Waals surface area contributed by atoms with Gasteiger partial charge in [-0.15, -0.1) is 0 Å². The van der Waals surface area contributed by atoms with Gasteiger partial charge in [0.2, 0.25) is 0 Å². The normalized spacial score (nSPS) is 18.7. The van der Waals surface area contributed by atoms with Gasteiger partial charge in [-0.1, -0.05) is 30.4 Å². The molecular weight excluding hydrogens is 286 g/mol. The average molecular weight is 305 g/mol. The molecule has 0 spiro atoms. The molecule has 2 aliphatic heterocycles. The summed E-state index contributed by atoms with van der Waals surface area (Å²) in [5.74, 6) is -0.747. The van der Waals surface area contributed by atoms with Crippen molar-refractivity contribution in [2.75, 3.05) is 4.90 Å². The third kappa shape index (κ3) is 2.52. The maximum Gasteiger partial charge on any atom is 0.303 e. The number of carboxylic acids is 1. The Morgan fingerprint density at radius 2 is 2.13 bits per heavy atom. The Kier molecular flexibility index (Phi) is 3.41. The van der Waals surface area contributed by atoms with E-state index in [0.717, 1.165) is 24.8 Å². The van der Waals surface area contributed by atoms with Gasteiger partial charge in [-0.3, -0.25) is 4.79 Å². The largest absolute Gasteiger partial charge is 0.481 e. The van der Waals surface area contributed by atoms with Gasteiger partial charge in [0, 0.05) is 30.4 Å². The van der Waals surface area contributed by atoms with E-state index in [1.807, 2.05) is 0 Å². The van der Waals surface area contributed by atoms with E-state index in [4.69, 9.17) is 5.11 Å². The number of hydrogen-bond donors (Lipinski definition) is 1. The summed E-state index contributed by atoms with van der Waals surface area (Å²) in [6.07, 6.45) is 12.5. The van der Waals surface area contributed by atoms with E-state index in [0.29, 0.717) is 6.42 Å². The highest BCUT2D eigenvalue weighted by Crippen LogP contribution is 2.42. The molecule has 1 aromatic rings. The van der Waals surface area contributed by atoms with Crippen molar-refractivity contribution in [2.45, 2.75) is 32.1 Å². The van der Waals surface area contributed by atoms with Gasteiger partial charge in [0.25, 0.3) is 0 Å². The molecule has 0 saturated heterocycles. The molecule has 1 aromatic carbocycles. The van der Waals surface area contributed by atoms with E-state index in [2.05, 4.69) is 53.6 Å². The molecule has 0 aromatic heterocycles. The van der Waals surface area contributed by atoms with Crippen molar-refractivity contribution in [3.8, 4) is 0 Å². The number of hydrogen-bond acceptors (Lipinski definition) is 2. The lowest BCUT2D eigenvalue weighted by Crippen LogP contribution is -2.13. The SMILES string of the molecule is O=C(O)CCC1=CN2C(=C3CCC=CC3=C1)Cc1ccccc12. The van der Waals surface area contributed by atoms with Gasteiger partial charge in [0.15, 0.2) is 0 Å². The molecule has 1 aliphatic carbocycles. The van der Waals surface area contributed by atoms with Crippen LogP contribution in [0, 0.1) is 0 Å². The minimum absolute atomic E-state index is 0.166. The second-order valence-electron chi connectivity index (χ2n) is 6.24. The molecule has 23 heavy (non-hydrogen) atoms. The lowest BCUT2D eigenvalue weighted by molar-refractivity contribution is -0.136. The Morgan fingerprint density at radius 3 is 3.00 bits per heavy atom. The Hall–Kier alpha value is -2.55. The highest BCUT2D eigenvalue weighted by molar-refractivity contribution is 5.72. The molecule has 0 amide bonds. The molecule has 0 saturated carbocycles. The van der Waals surface area contributed by atoms with Crippen LogP contribution in [0.15, 0.2) is 71.1 Å². The summed E-state index contributed by atoms with van der Waals surface area (Å²) in [5, 5.41) is 9.01. The molecule has 0 atom stereocenters. The molecule has 3 aliphatic rings. The molecule has 0 fully saturated rings. The Bertz CT molecular complexity index is 796. The average Bonchev–Trinajstić information content (AvgIpc) is 2.83. The minimum atomic E-state index is -0.747. The fraction of sp³-hybridized carbons (Fsp3) is 0.250. The zero-order valence-corrected chi connectivity index (χ0v) is 13.0. The zero-order valence-electron chi connectivity index (χ0n) is 13.0. The highest BCUT2D eigenvalue weighted by atomic mass is 16.4. The number of carboxylic acid groups (broad SMARTS) is 1. The fourth-order valence-electron chi connectivity index (χ4n) is 3.63. The summed E-state index contributed by atoms with van der Waals surface area (Å²) in [6, 6.07) is 8.49.